The highest BCUT2D eigenvalue weighted by Crippen LogP contribution is 2.24. The van der Waals surface area contributed by atoms with E-state index in [-0.39, 0.29) is 16.7 Å². The first-order chi connectivity index (χ1) is 10.4. The molecule has 2 aromatic heterocycles. The van der Waals surface area contributed by atoms with E-state index in [9.17, 15) is 4.79 Å². The van der Waals surface area contributed by atoms with Crippen LogP contribution in [0.5, 0.6) is 0 Å². The summed E-state index contributed by atoms with van der Waals surface area (Å²) in [7, 11) is 0. The lowest BCUT2D eigenvalue weighted by Crippen LogP contribution is -2.46. The van der Waals surface area contributed by atoms with E-state index in [0.717, 1.165) is 12.8 Å². The number of rotatable bonds is 6. The van der Waals surface area contributed by atoms with Crippen molar-refractivity contribution in [1.29, 1.82) is 0 Å². The summed E-state index contributed by atoms with van der Waals surface area (Å²) in [5, 5.41) is 6.41. The lowest BCUT2D eigenvalue weighted by atomic mass is 9.95. The van der Waals surface area contributed by atoms with Crippen LogP contribution in [0.2, 0.25) is 5.28 Å². The number of hydrogen-bond donors (Lipinski definition) is 2. The Morgan fingerprint density at radius 1 is 1.41 bits per heavy atom. The van der Waals surface area contributed by atoms with Gasteiger partial charge in [-0.1, -0.05) is 13.3 Å². The van der Waals surface area contributed by atoms with Gasteiger partial charge in [-0.2, -0.15) is 4.98 Å². The molecule has 0 aliphatic heterocycles. The van der Waals surface area contributed by atoms with Gasteiger partial charge in [-0.25, -0.2) is 4.98 Å². The number of amides is 1. The molecule has 0 aliphatic carbocycles. The van der Waals surface area contributed by atoms with E-state index >= 15 is 0 Å². The van der Waals surface area contributed by atoms with Gasteiger partial charge in [-0.15, -0.1) is 0 Å². The third-order valence-corrected chi connectivity index (χ3v) is 3.55. The molecule has 0 aromatic carbocycles. The second kappa shape index (κ2) is 6.87. The first-order valence-electron chi connectivity index (χ1n) is 7.24. The fourth-order valence-electron chi connectivity index (χ4n) is 2.38. The molecule has 0 fully saturated rings. The van der Waals surface area contributed by atoms with Gasteiger partial charge in [0.1, 0.15) is 5.52 Å². The van der Waals surface area contributed by atoms with Gasteiger partial charge in [0.25, 0.3) is 0 Å². The maximum atomic E-state index is 11.2. The van der Waals surface area contributed by atoms with Crippen LogP contribution in [0.25, 0.3) is 11.0 Å². The summed E-state index contributed by atoms with van der Waals surface area (Å²) in [4.78, 5) is 24.0. The van der Waals surface area contributed by atoms with E-state index in [1.54, 1.807) is 12.3 Å². The van der Waals surface area contributed by atoms with E-state index in [1.807, 2.05) is 13.0 Å². The number of fused-ring (bicyclic) bond motifs is 1. The van der Waals surface area contributed by atoms with Crippen molar-refractivity contribution in [2.24, 2.45) is 0 Å². The second-order valence-corrected chi connectivity index (χ2v) is 5.90. The summed E-state index contributed by atoms with van der Waals surface area (Å²) in [6.45, 7) is 6.13. The number of nitrogens with zero attached hydrogens (tertiary/aromatic N) is 3. The highest BCUT2D eigenvalue weighted by Gasteiger charge is 2.25. The van der Waals surface area contributed by atoms with Gasteiger partial charge in [0.15, 0.2) is 5.82 Å². The molecule has 0 bridgehead atoms. The molecule has 0 saturated heterocycles. The van der Waals surface area contributed by atoms with Crippen LogP contribution in [0.15, 0.2) is 18.3 Å². The topological polar surface area (TPSA) is 79.8 Å². The molecule has 1 atom stereocenters. The van der Waals surface area contributed by atoms with Gasteiger partial charge in [-0.3, -0.25) is 9.78 Å². The molecule has 2 aromatic rings. The molecule has 2 N–H and O–H groups in total. The summed E-state index contributed by atoms with van der Waals surface area (Å²) < 4.78 is 0. The van der Waals surface area contributed by atoms with Crippen molar-refractivity contribution in [2.75, 3.05) is 11.9 Å². The third kappa shape index (κ3) is 4.04. The summed E-state index contributed by atoms with van der Waals surface area (Å²) >= 11 is 6.00. The Morgan fingerprint density at radius 3 is 2.86 bits per heavy atom. The average molecular weight is 322 g/mol. The molecule has 22 heavy (non-hydrogen) atoms. The quantitative estimate of drug-likeness (QED) is 0.800. The van der Waals surface area contributed by atoms with E-state index in [2.05, 4.69) is 32.5 Å². The minimum atomic E-state index is -0.345. The van der Waals surface area contributed by atoms with Crippen LogP contribution in [0, 0.1) is 0 Å². The zero-order valence-electron chi connectivity index (χ0n) is 13.0. The normalized spacial score (nSPS) is 13.6. The maximum absolute atomic E-state index is 11.2. The maximum Gasteiger partial charge on any atom is 0.225 e. The Bertz CT molecular complexity index is 678. The predicted molar refractivity (Wildman–Crippen MR) is 88.0 cm³/mol. The molecule has 2 rings (SSSR count). The van der Waals surface area contributed by atoms with Crippen LogP contribution in [-0.2, 0) is 4.79 Å². The largest absolute Gasteiger partial charge is 0.361 e. The van der Waals surface area contributed by atoms with E-state index in [1.165, 1.54) is 6.92 Å². The summed E-state index contributed by atoms with van der Waals surface area (Å²) in [6.07, 6.45) is 3.52. The molecule has 118 valence electrons. The fourth-order valence-corrected chi connectivity index (χ4v) is 2.55. The number of carbonyl (C=O) groups is 1. The Kier molecular flexibility index (Phi) is 5.13. The van der Waals surface area contributed by atoms with Gasteiger partial charge >= 0.3 is 0 Å². The zero-order chi connectivity index (χ0) is 16.2. The van der Waals surface area contributed by atoms with E-state index in [0.29, 0.717) is 23.4 Å². The minimum absolute atomic E-state index is 0.0622. The SMILES string of the molecule is CCC[C@](C)(CNC(C)=O)Nc1nc(Cl)nc2cccnc12. The van der Waals surface area contributed by atoms with Gasteiger partial charge in [0, 0.05) is 19.7 Å². The van der Waals surface area contributed by atoms with E-state index < -0.39 is 0 Å². The number of nitrogens with one attached hydrogen (secondary N) is 2. The van der Waals surface area contributed by atoms with Gasteiger partial charge in [0.05, 0.1) is 11.1 Å². The van der Waals surface area contributed by atoms with Crippen molar-refractivity contribution < 1.29 is 4.79 Å². The van der Waals surface area contributed by atoms with Crippen molar-refractivity contribution in [3.05, 3.63) is 23.6 Å². The lowest BCUT2D eigenvalue weighted by Gasteiger charge is -2.31. The molecular formula is C15H20ClN5O. The Hall–Kier alpha value is -1.95. The molecule has 2 heterocycles. The number of anilines is 1. The highest BCUT2D eigenvalue weighted by atomic mass is 35.5. The molecule has 1 amide bonds. The zero-order valence-corrected chi connectivity index (χ0v) is 13.7. The highest BCUT2D eigenvalue weighted by molar-refractivity contribution is 6.28. The molecule has 0 radical (unpaired) electrons. The molecular weight excluding hydrogens is 302 g/mol. The number of aromatic nitrogens is 3. The van der Waals surface area contributed by atoms with Crippen LogP contribution in [0.1, 0.15) is 33.6 Å². The first-order valence-corrected chi connectivity index (χ1v) is 7.62. The second-order valence-electron chi connectivity index (χ2n) is 5.56. The van der Waals surface area contributed by atoms with Crippen LogP contribution in [-0.4, -0.2) is 32.9 Å². The summed E-state index contributed by atoms with van der Waals surface area (Å²) in [5.74, 6) is 0.518. The molecule has 7 heteroatoms. The van der Waals surface area contributed by atoms with Crippen LogP contribution in [0.4, 0.5) is 5.82 Å². The standard InChI is InChI=1S/C15H20ClN5O/c1-4-7-15(3,9-18-10(2)22)21-13-12-11(6-5-8-17-12)19-14(16)20-13/h5-6,8H,4,7,9H2,1-3H3,(H,18,22)(H,19,20,21)/t15-/m1/s1. The average Bonchev–Trinajstić information content (AvgIpc) is 2.45. The molecule has 0 spiro atoms. The van der Waals surface area contributed by atoms with Crippen molar-refractivity contribution in [3.63, 3.8) is 0 Å². The molecule has 0 saturated carbocycles. The predicted octanol–water partition coefficient (Wildman–Crippen LogP) is 2.79. The Balaban J connectivity index is 2.35. The van der Waals surface area contributed by atoms with Crippen LogP contribution in [0.3, 0.4) is 0 Å². The number of halogens is 1. The molecule has 0 unspecified atom stereocenters. The first kappa shape index (κ1) is 16.4. The number of pyridine rings is 1. The van der Waals surface area contributed by atoms with E-state index in [4.69, 9.17) is 11.6 Å². The van der Waals surface area contributed by atoms with Crippen LogP contribution < -0.4 is 10.6 Å². The van der Waals surface area contributed by atoms with Crippen molar-refractivity contribution in [1.82, 2.24) is 20.3 Å². The van der Waals surface area contributed by atoms with Crippen LogP contribution >= 0.6 is 11.6 Å². The Morgan fingerprint density at radius 2 is 2.18 bits per heavy atom. The van der Waals surface area contributed by atoms with Crippen molar-refractivity contribution in [3.8, 4) is 0 Å². The van der Waals surface area contributed by atoms with Crippen molar-refractivity contribution >= 4 is 34.4 Å². The van der Waals surface area contributed by atoms with Gasteiger partial charge in [0.2, 0.25) is 11.2 Å². The number of carbonyl (C=O) groups excluding carboxylic acids is 1. The van der Waals surface area contributed by atoms with Crippen molar-refractivity contribution in [2.45, 2.75) is 39.2 Å². The minimum Gasteiger partial charge on any atom is -0.361 e. The monoisotopic (exact) mass is 321 g/mol. The smallest absolute Gasteiger partial charge is 0.225 e. The number of hydrogen-bond acceptors (Lipinski definition) is 5. The summed E-state index contributed by atoms with van der Waals surface area (Å²) in [6, 6.07) is 3.64. The van der Waals surface area contributed by atoms with Gasteiger partial charge in [-0.05, 0) is 37.1 Å². The summed E-state index contributed by atoms with van der Waals surface area (Å²) in [5.41, 5.74) is 1.00. The fraction of sp³-hybridized carbons (Fsp3) is 0.467. The third-order valence-electron chi connectivity index (χ3n) is 3.38. The molecule has 6 nitrogen and oxygen atoms in total. The molecule has 0 aliphatic rings. The lowest BCUT2D eigenvalue weighted by molar-refractivity contribution is -0.119. The Labute approximate surface area is 134 Å². The van der Waals surface area contributed by atoms with Gasteiger partial charge < -0.3 is 10.6 Å².